The minimum Gasteiger partial charge on any atom is -0.467 e. The highest BCUT2D eigenvalue weighted by Crippen LogP contribution is 2.38. The van der Waals surface area contributed by atoms with Crippen LogP contribution in [0.25, 0.3) is 0 Å². The topological polar surface area (TPSA) is 83.4 Å². The van der Waals surface area contributed by atoms with Crippen LogP contribution in [0.3, 0.4) is 0 Å². The van der Waals surface area contributed by atoms with Gasteiger partial charge in [-0.25, -0.2) is 4.79 Å². The molecule has 0 saturated carbocycles. The average molecular weight is 400 g/mol. The van der Waals surface area contributed by atoms with E-state index < -0.39 is 5.97 Å². The molecule has 1 aliphatic rings. The van der Waals surface area contributed by atoms with E-state index in [1.54, 1.807) is 0 Å². The van der Waals surface area contributed by atoms with Gasteiger partial charge in [-0.2, -0.15) is 0 Å². The number of methoxy groups -OCH3 is 2. The fraction of sp³-hybridized carbons (Fsp3) is 0.429. The molecule has 0 fully saturated rings. The lowest BCUT2D eigenvalue weighted by atomic mass is 9.94. The van der Waals surface area contributed by atoms with Crippen molar-refractivity contribution in [1.29, 1.82) is 0 Å². The molecule has 2 heterocycles. The lowest BCUT2D eigenvalue weighted by molar-refractivity contribution is 0.0720. The van der Waals surface area contributed by atoms with Crippen molar-refractivity contribution < 1.29 is 19.0 Å². The third kappa shape index (κ3) is 3.30. The van der Waals surface area contributed by atoms with E-state index in [-0.39, 0.29) is 18.0 Å². The molecule has 23 heavy (non-hydrogen) atoms. The predicted octanol–water partition coefficient (Wildman–Crippen LogP) is 2.81. The van der Waals surface area contributed by atoms with Crippen molar-refractivity contribution >= 4 is 33.2 Å². The Hall–Kier alpha value is -1.74. The second kappa shape index (κ2) is 6.79. The van der Waals surface area contributed by atoms with E-state index in [4.69, 9.17) is 14.2 Å². The highest BCUT2D eigenvalue weighted by atomic mass is 79.9. The Morgan fingerprint density at radius 2 is 1.57 bits per heavy atom. The van der Waals surface area contributed by atoms with E-state index in [1.807, 2.05) is 0 Å². The van der Waals surface area contributed by atoms with Crippen LogP contribution >= 0.6 is 27.3 Å². The molecule has 0 spiro atoms. The minimum absolute atomic E-state index is 0.0223. The Labute approximate surface area is 145 Å². The monoisotopic (exact) mass is 399 g/mol. The molecule has 0 saturated heterocycles. The van der Waals surface area contributed by atoms with Gasteiger partial charge in [0.1, 0.15) is 4.88 Å². The number of carbonyl (C=O) groups is 1. The quantitative estimate of drug-likeness (QED) is 0.730. The van der Waals surface area contributed by atoms with Gasteiger partial charge in [0.2, 0.25) is 0 Å². The zero-order valence-corrected chi connectivity index (χ0v) is 15.0. The first-order valence-corrected chi connectivity index (χ1v) is 8.59. The van der Waals surface area contributed by atoms with Crippen LogP contribution in [-0.2, 0) is 12.8 Å². The summed E-state index contributed by atoms with van der Waals surface area (Å²) < 4.78 is 16.2. The maximum absolute atomic E-state index is 12.5. The molecule has 9 heteroatoms. The van der Waals surface area contributed by atoms with Crippen LogP contribution in [0.5, 0.6) is 18.0 Å². The fourth-order valence-electron chi connectivity index (χ4n) is 2.43. The molecule has 3 rings (SSSR count). The number of thiophene rings is 1. The van der Waals surface area contributed by atoms with Crippen LogP contribution in [0.15, 0.2) is 3.79 Å². The van der Waals surface area contributed by atoms with Crippen molar-refractivity contribution in [3.63, 3.8) is 0 Å². The van der Waals surface area contributed by atoms with Crippen molar-refractivity contribution in [3.8, 4) is 18.0 Å². The molecule has 2 aromatic heterocycles. The Morgan fingerprint density at radius 1 is 1.00 bits per heavy atom. The lowest BCUT2D eigenvalue weighted by Crippen LogP contribution is -2.13. The van der Waals surface area contributed by atoms with E-state index in [9.17, 15) is 4.79 Å². The maximum Gasteiger partial charge on any atom is 0.356 e. The molecular formula is C14H14BrN3O4S. The summed E-state index contributed by atoms with van der Waals surface area (Å²) in [5, 5.41) is 0. The van der Waals surface area contributed by atoms with E-state index in [0.29, 0.717) is 4.88 Å². The molecule has 0 N–H and O–H groups in total. The Morgan fingerprint density at radius 3 is 2.17 bits per heavy atom. The van der Waals surface area contributed by atoms with Gasteiger partial charge in [-0.3, -0.25) is 0 Å². The third-order valence-electron chi connectivity index (χ3n) is 3.48. The molecule has 0 aromatic carbocycles. The maximum atomic E-state index is 12.5. The molecule has 0 radical (unpaired) electrons. The zero-order chi connectivity index (χ0) is 16.4. The van der Waals surface area contributed by atoms with Crippen molar-refractivity contribution in [1.82, 2.24) is 15.0 Å². The average Bonchev–Trinajstić information content (AvgIpc) is 2.92. The van der Waals surface area contributed by atoms with Gasteiger partial charge in [0.15, 0.2) is 0 Å². The lowest BCUT2D eigenvalue weighted by Gasteiger charge is -2.12. The van der Waals surface area contributed by atoms with E-state index in [1.165, 1.54) is 31.1 Å². The van der Waals surface area contributed by atoms with Gasteiger partial charge < -0.3 is 14.2 Å². The first kappa shape index (κ1) is 16.1. The highest BCUT2D eigenvalue weighted by molar-refractivity contribution is 9.11. The zero-order valence-electron chi connectivity index (χ0n) is 12.6. The van der Waals surface area contributed by atoms with E-state index >= 15 is 0 Å². The summed E-state index contributed by atoms with van der Waals surface area (Å²) in [6.45, 7) is 0. The van der Waals surface area contributed by atoms with Crippen molar-refractivity contribution in [3.05, 3.63) is 19.8 Å². The first-order valence-electron chi connectivity index (χ1n) is 6.98. The molecule has 0 unspecified atom stereocenters. The molecule has 0 amide bonds. The molecule has 2 aromatic rings. The van der Waals surface area contributed by atoms with Crippen molar-refractivity contribution in [2.24, 2.45) is 0 Å². The second-order valence-electron chi connectivity index (χ2n) is 4.85. The number of hydrogen-bond acceptors (Lipinski definition) is 8. The molecular weight excluding hydrogens is 386 g/mol. The summed E-state index contributed by atoms with van der Waals surface area (Å²) >= 11 is 4.92. The van der Waals surface area contributed by atoms with Crippen molar-refractivity contribution in [2.45, 2.75) is 25.7 Å². The van der Waals surface area contributed by atoms with Crippen LogP contribution < -0.4 is 14.2 Å². The minimum atomic E-state index is -0.478. The summed E-state index contributed by atoms with van der Waals surface area (Å²) in [4.78, 5) is 24.8. The van der Waals surface area contributed by atoms with Crippen LogP contribution in [0, 0.1) is 0 Å². The van der Waals surface area contributed by atoms with Gasteiger partial charge in [0.25, 0.3) is 0 Å². The highest BCUT2D eigenvalue weighted by Gasteiger charge is 2.26. The first-order chi connectivity index (χ1) is 11.1. The smallest absolute Gasteiger partial charge is 0.356 e. The normalized spacial score (nSPS) is 13.3. The number of halogens is 1. The summed E-state index contributed by atoms with van der Waals surface area (Å²) in [7, 11) is 2.82. The van der Waals surface area contributed by atoms with E-state index in [0.717, 1.165) is 35.0 Å². The van der Waals surface area contributed by atoms with Crippen molar-refractivity contribution in [2.75, 3.05) is 14.2 Å². The molecule has 122 valence electrons. The van der Waals surface area contributed by atoms with Gasteiger partial charge in [0, 0.05) is 0 Å². The number of esters is 1. The largest absolute Gasteiger partial charge is 0.467 e. The summed E-state index contributed by atoms with van der Waals surface area (Å²) in [6.07, 6.45) is 4.07. The number of hydrogen-bond donors (Lipinski definition) is 0. The van der Waals surface area contributed by atoms with Crippen LogP contribution in [-0.4, -0.2) is 35.1 Å². The molecule has 1 aliphatic carbocycles. The van der Waals surface area contributed by atoms with Crippen LogP contribution in [0.1, 0.15) is 33.6 Å². The number of rotatable bonds is 4. The molecule has 0 aliphatic heterocycles. The third-order valence-corrected chi connectivity index (χ3v) is 5.49. The SMILES string of the molecule is COc1nc(OC)nc(OC(=O)c2sc(Br)c3c2CCCC3)n1. The molecule has 7 nitrogen and oxygen atoms in total. The number of fused-ring (bicyclic) bond motifs is 1. The number of aromatic nitrogens is 3. The fourth-order valence-corrected chi connectivity index (χ4v) is 4.35. The van der Waals surface area contributed by atoms with Gasteiger partial charge in [0.05, 0.1) is 18.0 Å². The number of nitrogens with zero attached hydrogens (tertiary/aromatic N) is 3. The van der Waals surface area contributed by atoms with Gasteiger partial charge in [-0.1, -0.05) is 0 Å². The molecule has 0 atom stereocenters. The second-order valence-corrected chi connectivity index (χ2v) is 7.19. The summed E-state index contributed by atoms with van der Waals surface area (Å²) in [5.74, 6) is -0.478. The molecule has 0 bridgehead atoms. The summed E-state index contributed by atoms with van der Waals surface area (Å²) in [6, 6.07) is -0.101. The number of ether oxygens (including phenoxy) is 3. The Balaban J connectivity index is 1.88. The van der Waals surface area contributed by atoms with E-state index in [2.05, 4.69) is 30.9 Å². The van der Waals surface area contributed by atoms with Gasteiger partial charge in [-0.05, 0) is 52.7 Å². The van der Waals surface area contributed by atoms with Gasteiger partial charge in [-0.15, -0.1) is 26.3 Å². The Bertz CT molecular complexity index is 728. The Kier molecular flexibility index (Phi) is 4.76. The predicted molar refractivity (Wildman–Crippen MR) is 86.6 cm³/mol. The van der Waals surface area contributed by atoms with Crippen LogP contribution in [0.2, 0.25) is 0 Å². The number of carbonyl (C=O) groups excluding carboxylic acids is 1. The van der Waals surface area contributed by atoms with Gasteiger partial charge >= 0.3 is 24.0 Å². The summed E-state index contributed by atoms with van der Waals surface area (Å²) in [5.41, 5.74) is 2.27. The van der Waals surface area contributed by atoms with Crippen LogP contribution in [0.4, 0.5) is 0 Å². The standard InChI is InChI=1S/C14H14BrN3O4S/c1-20-12-16-13(21-2)18-14(17-12)22-11(19)9-7-5-3-4-6-8(7)10(15)23-9/h3-6H2,1-2H3.